The van der Waals surface area contributed by atoms with Gasteiger partial charge in [-0.2, -0.15) is 35.3 Å². The van der Waals surface area contributed by atoms with Gasteiger partial charge in [0.1, 0.15) is 6.04 Å². The minimum absolute atomic E-state index is 0.118. The lowest BCUT2D eigenvalue weighted by atomic mass is 10.1. The fourth-order valence-corrected chi connectivity index (χ4v) is 12.5. The number of piperidine rings is 1. The molecular weight excluding hydrogens is 1010 g/mol. The molecule has 0 aromatic heterocycles. The second kappa shape index (κ2) is 56.4. The van der Waals surface area contributed by atoms with Crippen molar-refractivity contribution in [2.45, 2.75) is 276 Å². The maximum atomic E-state index is 13.5. The molecule has 2 atom stereocenters. The minimum Gasteiger partial charge on any atom is -0.466 e. The summed E-state index contributed by atoms with van der Waals surface area (Å²) in [4.78, 5) is 66.7. The van der Waals surface area contributed by atoms with Crippen molar-refractivity contribution in [3.63, 3.8) is 0 Å². The zero-order chi connectivity index (χ0) is 55.0. The molecule has 0 spiro atoms. The highest BCUT2D eigenvalue weighted by molar-refractivity contribution is 8.00. The first kappa shape index (κ1) is 72.1. The monoisotopic (exact) mass is 1130 g/mol. The normalized spacial score (nSPS) is 13.7. The molecule has 76 heavy (non-hydrogen) atoms. The molecule has 444 valence electrons. The Labute approximate surface area is 479 Å². The Kier molecular flexibility index (Phi) is 53.5. The highest BCUT2D eigenvalue weighted by atomic mass is 32.2. The maximum Gasteiger partial charge on any atom is 0.306 e. The van der Waals surface area contributed by atoms with Crippen LogP contribution in [-0.4, -0.2) is 121 Å². The third-order valence-corrected chi connectivity index (χ3v) is 17.6. The average Bonchev–Trinajstić information content (AvgIpc) is 3.41. The molecule has 14 heteroatoms. The summed E-state index contributed by atoms with van der Waals surface area (Å²) in [5.41, 5.74) is 0. The van der Waals surface area contributed by atoms with Crippen LogP contribution in [0.25, 0.3) is 0 Å². The third-order valence-electron chi connectivity index (χ3n) is 14.1. The van der Waals surface area contributed by atoms with Crippen molar-refractivity contribution >= 4 is 65.0 Å². The summed E-state index contributed by atoms with van der Waals surface area (Å²) in [6, 6.07) is -0.631. The number of thioether (sulfide) groups is 3. The van der Waals surface area contributed by atoms with Crippen molar-refractivity contribution in [1.82, 2.24) is 15.5 Å². The van der Waals surface area contributed by atoms with E-state index in [9.17, 15) is 24.0 Å². The Morgan fingerprint density at radius 1 is 0.474 bits per heavy atom. The number of likely N-dealkylation sites (tertiary alicyclic amines) is 1. The van der Waals surface area contributed by atoms with E-state index in [2.05, 4.69) is 48.5 Å². The number of carbonyl (C=O) groups is 5. The van der Waals surface area contributed by atoms with Crippen molar-refractivity contribution in [1.29, 1.82) is 0 Å². The quantitative estimate of drug-likeness (QED) is 0.0259. The predicted molar refractivity (Wildman–Crippen MR) is 327 cm³/mol. The Morgan fingerprint density at radius 3 is 1.42 bits per heavy atom. The van der Waals surface area contributed by atoms with Crippen LogP contribution < -0.4 is 10.6 Å². The van der Waals surface area contributed by atoms with E-state index in [1.54, 1.807) is 23.5 Å². The van der Waals surface area contributed by atoms with Crippen LogP contribution in [-0.2, 0) is 38.2 Å². The van der Waals surface area contributed by atoms with Crippen molar-refractivity contribution in [3.05, 3.63) is 12.2 Å². The first-order valence-electron chi connectivity index (χ1n) is 31.5. The number of amides is 2. The van der Waals surface area contributed by atoms with Gasteiger partial charge in [-0.1, -0.05) is 168 Å². The van der Waals surface area contributed by atoms with Crippen LogP contribution in [0.1, 0.15) is 265 Å². The highest BCUT2D eigenvalue weighted by Gasteiger charge is 2.21. The summed E-state index contributed by atoms with van der Waals surface area (Å²) in [5, 5.41) is 6.49. The topological polar surface area (TPSA) is 140 Å². The van der Waals surface area contributed by atoms with Gasteiger partial charge < -0.3 is 29.7 Å². The molecule has 1 saturated heterocycles. The standard InChI is InChI=1S/C62H115N3O8S3/c1-4-7-10-13-16-17-18-19-20-21-22-23-24-25-28-36-49-72-60(68)42-54-75-52-40-57(62(70)63-44-47-65-45-32-29-33-46-65)64-58(66)38-31-30-37-56(76-55-43-61(69)73-50-35-27-15-12-9-6-3)39-51-74-53-41-59(67)71-48-34-26-14-11-8-5-2/h19-20,56-57H,4-18,21-55H2,1-3H3,(H,63,70)(H,64,66)/b20-19-. The number of allylic oxidation sites excluding steroid dienone is 2. The van der Waals surface area contributed by atoms with Crippen LogP contribution in [0.5, 0.6) is 0 Å². The van der Waals surface area contributed by atoms with Crippen molar-refractivity contribution in [2.24, 2.45) is 0 Å². The Bertz CT molecular complexity index is 1400. The van der Waals surface area contributed by atoms with Gasteiger partial charge in [0, 0.05) is 42.0 Å². The molecule has 0 saturated carbocycles. The number of nitrogens with one attached hydrogen (secondary N) is 2. The van der Waals surface area contributed by atoms with Crippen molar-refractivity contribution in [2.75, 3.05) is 74.8 Å². The summed E-state index contributed by atoms with van der Waals surface area (Å²) in [6.45, 7) is 11.7. The first-order valence-corrected chi connectivity index (χ1v) is 34.8. The fourth-order valence-electron chi connectivity index (χ4n) is 9.28. The fraction of sp³-hybridized carbons (Fsp3) is 0.887. The number of hydrogen-bond donors (Lipinski definition) is 2. The zero-order valence-corrected chi connectivity index (χ0v) is 51.6. The molecule has 2 amide bonds. The molecule has 11 nitrogen and oxygen atoms in total. The van der Waals surface area contributed by atoms with E-state index in [1.807, 2.05) is 11.8 Å². The van der Waals surface area contributed by atoms with Gasteiger partial charge in [0.15, 0.2) is 0 Å². The molecule has 0 aromatic rings. The number of ether oxygens (including phenoxy) is 3. The summed E-state index contributed by atoms with van der Waals surface area (Å²) in [7, 11) is 0. The molecule has 2 N–H and O–H groups in total. The van der Waals surface area contributed by atoms with E-state index in [0.29, 0.717) is 87.4 Å². The molecule has 1 fully saturated rings. The lowest BCUT2D eigenvalue weighted by Gasteiger charge is -2.26. The lowest BCUT2D eigenvalue weighted by molar-refractivity contribution is -0.144. The van der Waals surface area contributed by atoms with Crippen LogP contribution in [0.4, 0.5) is 0 Å². The molecule has 1 aliphatic heterocycles. The second-order valence-corrected chi connectivity index (χ2v) is 25.1. The third kappa shape index (κ3) is 49.2. The summed E-state index contributed by atoms with van der Waals surface area (Å²) >= 11 is 5.21. The largest absolute Gasteiger partial charge is 0.466 e. The number of nitrogens with zero attached hydrogens (tertiary/aromatic N) is 1. The molecule has 1 rings (SSSR count). The summed E-state index contributed by atoms with van der Waals surface area (Å²) in [6.07, 6.45) is 45.2. The van der Waals surface area contributed by atoms with E-state index in [-0.39, 0.29) is 29.7 Å². The average molecular weight is 1130 g/mol. The molecule has 0 aliphatic carbocycles. The Hall–Kier alpha value is -1.90. The molecular formula is C62H115N3O8S3. The van der Waals surface area contributed by atoms with Crippen LogP contribution in [0.15, 0.2) is 12.2 Å². The Balaban J connectivity index is 2.50. The molecule has 0 radical (unpaired) electrons. The van der Waals surface area contributed by atoms with Gasteiger partial charge in [-0.3, -0.25) is 24.0 Å². The van der Waals surface area contributed by atoms with Gasteiger partial charge >= 0.3 is 17.9 Å². The number of rotatable bonds is 56. The second-order valence-electron chi connectivity index (χ2n) is 21.2. The number of esters is 3. The van der Waals surface area contributed by atoms with Crippen LogP contribution in [0, 0.1) is 0 Å². The van der Waals surface area contributed by atoms with E-state index in [4.69, 9.17) is 14.2 Å². The van der Waals surface area contributed by atoms with Gasteiger partial charge in [0.05, 0.1) is 39.1 Å². The van der Waals surface area contributed by atoms with Gasteiger partial charge in [-0.15, -0.1) is 0 Å². The van der Waals surface area contributed by atoms with E-state index >= 15 is 0 Å². The van der Waals surface area contributed by atoms with Crippen molar-refractivity contribution in [3.8, 4) is 0 Å². The van der Waals surface area contributed by atoms with Gasteiger partial charge in [-0.05, 0) is 108 Å². The number of hydrogen-bond acceptors (Lipinski definition) is 12. The molecule has 1 heterocycles. The van der Waals surface area contributed by atoms with Crippen LogP contribution in [0.3, 0.4) is 0 Å². The van der Waals surface area contributed by atoms with E-state index < -0.39 is 6.04 Å². The van der Waals surface area contributed by atoms with Gasteiger partial charge in [-0.25, -0.2) is 0 Å². The molecule has 0 aromatic carbocycles. The predicted octanol–water partition coefficient (Wildman–Crippen LogP) is 15.5. The van der Waals surface area contributed by atoms with Gasteiger partial charge in [0.2, 0.25) is 11.8 Å². The number of unbranched alkanes of at least 4 members (excludes halogenated alkanes) is 23. The van der Waals surface area contributed by atoms with Crippen LogP contribution in [0.2, 0.25) is 0 Å². The summed E-state index contributed by atoms with van der Waals surface area (Å²) < 4.78 is 16.5. The highest BCUT2D eigenvalue weighted by Crippen LogP contribution is 2.25. The maximum absolute atomic E-state index is 13.5. The Morgan fingerprint density at radius 2 is 0.921 bits per heavy atom. The van der Waals surface area contributed by atoms with Crippen LogP contribution >= 0.6 is 35.3 Å². The SMILES string of the molecule is CCCCCCCC/C=C\CCCCCCCCOC(=O)CCSCCC(NC(=O)CCCCC(CCSCCC(=O)OCCCCCCCC)SCCC(=O)OCCCCCCCC)C(=O)NCCN1CCCCC1. The zero-order valence-electron chi connectivity index (χ0n) is 49.1. The van der Waals surface area contributed by atoms with E-state index in [1.165, 1.54) is 148 Å². The lowest BCUT2D eigenvalue weighted by Crippen LogP contribution is -2.48. The summed E-state index contributed by atoms with van der Waals surface area (Å²) in [5.74, 6) is 2.92. The van der Waals surface area contributed by atoms with Gasteiger partial charge in [0.25, 0.3) is 0 Å². The molecule has 1 aliphatic rings. The van der Waals surface area contributed by atoms with Crippen molar-refractivity contribution < 1.29 is 38.2 Å². The molecule has 0 bridgehead atoms. The smallest absolute Gasteiger partial charge is 0.306 e. The first-order chi connectivity index (χ1) is 37.3. The minimum atomic E-state index is -0.631. The molecule has 2 unspecified atom stereocenters. The van der Waals surface area contributed by atoms with E-state index in [0.717, 1.165) is 88.9 Å². The number of carbonyl (C=O) groups excluding carboxylic acids is 5.